The summed E-state index contributed by atoms with van der Waals surface area (Å²) < 4.78 is 0. The molecule has 2 N–H and O–H groups in total. The van der Waals surface area contributed by atoms with Crippen LogP contribution in [0.4, 0.5) is 11.4 Å². The molecule has 7 nitrogen and oxygen atoms in total. The fourth-order valence-corrected chi connectivity index (χ4v) is 7.17. The van der Waals surface area contributed by atoms with Crippen molar-refractivity contribution in [2.75, 3.05) is 10.2 Å². The molecular formula is C23H18Br2N2O5. The first-order valence-electron chi connectivity index (χ1n) is 10.2. The number of carboxylic acid groups (broad SMARTS) is 1. The molecule has 0 radical (unpaired) electrons. The smallest absolute Gasteiger partial charge is 0.335 e. The quantitative estimate of drug-likeness (QED) is 0.435. The number of fused-ring (bicyclic) bond motifs is 5. The highest BCUT2D eigenvalue weighted by molar-refractivity contribution is 9.12. The molecule has 5 rings (SSSR count). The van der Waals surface area contributed by atoms with E-state index >= 15 is 0 Å². The lowest BCUT2D eigenvalue weighted by Gasteiger charge is -2.28. The molecule has 32 heavy (non-hydrogen) atoms. The first-order chi connectivity index (χ1) is 15.3. The van der Waals surface area contributed by atoms with Crippen LogP contribution in [0, 0.1) is 23.7 Å². The van der Waals surface area contributed by atoms with Gasteiger partial charge >= 0.3 is 5.97 Å². The summed E-state index contributed by atoms with van der Waals surface area (Å²) in [6.45, 7) is 0. The number of rotatable bonds is 4. The maximum atomic E-state index is 13.1. The predicted molar refractivity (Wildman–Crippen MR) is 124 cm³/mol. The van der Waals surface area contributed by atoms with Gasteiger partial charge in [-0.3, -0.25) is 19.3 Å². The standard InChI is InChI=1S/C23H18Br2N2O5/c24-18-14-9-15(19(18)25)17-16(14)21(29)27(22(17)30)13-6-4-10(5-7-13)20(28)26-12-3-1-2-11(8-12)23(31)32/h1-8,14-19H,9H2,(H,26,28)(H,31,32)/t14-,15-,16-,17+,18+,19+/m1/s1. The molecule has 2 bridgehead atoms. The van der Waals surface area contributed by atoms with E-state index in [4.69, 9.17) is 5.11 Å². The van der Waals surface area contributed by atoms with E-state index in [1.807, 2.05) is 0 Å². The third-order valence-corrected chi connectivity index (χ3v) is 9.95. The van der Waals surface area contributed by atoms with Gasteiger partial charge < -0.3 is 10.4 Å². The van der Waals surface area contributed by atoms with Gasteiger partial charge in [0.05, 0.1) is 23.1 Å². The van der Waals surface area contributed by atoms with Crippen molar-refractivity contribution in [1.29, 1.82) is 0 Å². The largest absolute Gasteiger partial charge is 0.478 e. The van der Waals surface area contributed by atoms with Crippen LogP contribution in [-0.2, 0) is 9.59 Å². The van der Waals surface area contributed by atoms with Crippen molar-refractivity contribution in [2.45, 2.75) is 16.1 Å². The fraction of sp³-hybridized carbons (Fsp3) is 0.304. The number of hydrogen-bond donors (Lipinski definition) is 2. The number of imide groups is 1. The number of alkyl halides is 2. The minimum atomic E-state index is -1.08. The van der Waals surface area contributed by atoms with Crippen LogP contribution in [0.1, 0.15) is 27.1 Å². The number of aromatic carboxylic acids is 1. The van der Waals surface area contributed by atoms with Gasteiger partial charge in [0, 0.05) is 20.9 Å². The lowest BCUT2D eigenvalue weighted by atomic mass is 9.81. The highest BCUT2D eigenvalue weighted by Crippen LogP contribution is 2.60. The number of benzene rings is 2. The number of carbonyl (C=O) groups is 4. The van der Waals surface area contributed by atoms with Gasteiger partial charge in [0.1, 0.15) is 0 Å². The van der Waals surface area contributed by atoms with Crippen LogP contribution in [0.15, 0.2) is 48.5 Å². The number of carboxylic acids is 1. The Kier molecular flexibility index (Phi) is 5.21. The van der Waals surface area contributed by atoms with Crippen LogP contribution in [0.2, 0.25) is 0 Å². The maximum absolute atomic E-state index is 13.1. The van der Waals surface area contributed by atoms with Crippen LogP contribution >= 0.6 is 31.9 Å². The third kappa shape index (κ3) is 3.21. The zero-order valence-corrected chi connectivity index (χ0v) is 19.7. The van der Waals surface area contributed by atoms with Crippen LogP contribution in [0.25, 0.3) is 0 Å². The predicted octanol–water partition coefficient (Wildman–Crippen LogP) is 3.92. The van der Waals surface area contributed by atoms with E-state index in [-0.39, 0.29) is 50.7 Å². The Morgan fingerprint density at radius 2 is 1.50 bits per heavy atom. The molecule has 2 aromatic rings. The molecule has 9 heteroatoms. The molecule has 3 aliphatic rings. The van der Waals surface area contributed by atoms with Crippen molar-refractivity contribution in [3.63, 3.8) is 0 Å². The SMILES string of the molecule is O=C(O)c1cccc(NC(=O)c2ccc(N3C(=O)[C@@H]4[C@H]5C[C@@H]([C@H](Br)[C@H]5Br)[C@@H]4C3=O)cc2)c1. The Morgan fingerprint density at radius 1 is 0.906 bits per heavy atom. The maximum Gasteiger partial charge on any atom is 0.335 e. The lowest BCUT2D eigenvalue weighted by molar-refractivity contribution is -0.123. The van der Waals surface area contributed by atoms with E-state index in [1.165, 1.54) is 17.0 Å². The molecular weight excluding hydrogens is 544 g/mol. The Balaban J connectivity index is 1.34. The molecule has 6 atom stereocenters. The summed E-state index contributed by atoms with van der Waals surface area (Å²) >= 11 is 7.36. The monoisotopic (exact) mass is 560 g/mol. The van der Waals surface area contributed by atoms with Gasteiger partial charge in [-0.25, -0.2) is 4.79 Å². The Bertz CT molecular complexity index is 1120. The van der Waals surface area contributed by atoms with Gasteiger partial charge in [-0.1, -0.05) is 37.9 Å². The van der Waals surface area contributed by atoms with Crippen molar-refractivity contribution in [3.05, 3.63) is 59.7 Å². The molecule has 1 saturated heterocycles. The van der Waals surface area contributed by atoms with Gasteiger partial charge in [0.15, 0.2) is 0 Å². The second-order valence-electron chi connectivity index (χ2n) is 8.40. The average molecular weight is 562 g/mol. The Hall–Kier alpha value is -2.52. The van der Waals surface area contributed by atoms with Gasteiger partial charge in [-0.2, -0.15) is 0 Å². The van der Waals surface area contributed by atoms with E-state index in [9.17, 15) is 19.2 Å². The topological polar surface area (TPSA) is 104 Å². The van der Waals surface area contributed by atoms with E-state index in [0.717, 1.165) is 6.42 Å². The summed E-state index contributed by atoms with van der Waals surface area (Å²) in [5.74, 6) is -2.15. The molecule has 0 spiro atoms. The Morgan fingerprint density at radius 3 is 2.06 bits per heavy atom. The number of carbonyl (C=O) groups excluding carboxylic acids is 3. The second-order valence-corrected chi connectivity index (χ2v) is 10.5. The molecule has 2 saturated carbocycles. The van der Waals surface area contributed by atoms with Gasteiger partial charge in [-0.05, 0) is 60.7 Å². The molecule has 2 aliphatic carbocycles. The fourth-order valence-electron chi connectivity index (χ4n) is 5.30. The molecule has 3 amide bonds. The molecule has 0 unspecified atom stereocenters. The summed E-state index contributed by atoms with van der Waals surface area (Å²) in [4.78, 5) is 51.5. The molecule has 1 heterocycles. The normalized spacial score (nSPS) is 30.5. The number of nitrogens with one attached hydrogen (secondary N) is 1. The second kappa shape index (κ2) is 7.81. The minimum Gasteiger partial charge on any atom is -0.478 e. The number of amides is 3. The summed E-state index contributed by atoms with van der Waals surface area (Å²) in [6, 6.07) is 12.3. The number of anilines is 2. The third-order valence-electron chi connectivity index (χ3n) is 6.74. The molecule has 2 aromatic carbocycles. The first-order valence-corrected chi connectivity index (χ1v) is 12.0. The van der Waals surface area contributed by atoms with E-state index < -0.39 is 11.9 Å². The van der Waals surface area contributed by atoms with Gasteiger partial charge in [0.2, 0.25) is 11.8 Å². The van der Waals surface area contributed by atoms with Crippen LogP contribution in [0.3, 0.4) is 0 Å². The van der Waals surface area contributed by atoms with E-state index in [1.54, 1.807) is 36.4 Å². The molecule has 0 aromatic heterocycles. The van der Waals surface area contributed by atoms with E-state index in [2.05, 4.69) is 37.2 Å². The highest BCUT2D eigenvalue weighted by atomic mass is 79.9. The van der Waals surface area contributed by atoms with Crippen molar-refractivity contribution >= 4 is 66.9 Å². The van der Waals surface area contributed by atoms with E-state index in [0.29, 0.717) is 16.9 Å². The molecule has 3 fully saturated rings. The minimum absolute atomic E-state index is 0.0696. The summed E-state index contributed by atoms with van der Waals surface area (Å²) in [5, 5.41) is 11.7. The number of nitrogens with zero attached hydrogens (tertiary/aromatic N) is 1. The zero-order valence-electron chi connectivity index (χ0n) is 16.6. The first kappa shape index (κ1) is 21.3. The van der Waals surface area contributed by atoms with Gasteiger partial charge in [-0.15, -0.1) is 0 Å². The summed E-state index contributed by atoms with van der Waals surface area (Å²) in [5.41, 5.74) is 1.21. The van der Waals surface area contributed by atoms with Crippen LogP contribution < -0.4 is 10.2 Å². The lowest BCUT2D eigenvalue weighted by Crippen LogP contribution is -2.37. The highest BCUT2D eigenvalue weighted by Gasteiger charge is 2.66. The average Bonchev–Trinajstić information content (AvgIpc) is 3.39. The number of hydrogen-bond acceptors (Lipinski definition) is 4. The number of halogens is 2. The summed E-state index contributed by atoms with van der Waals surface area (Å²) in [7, 11) is 0. The van der Waals surface area contributed by atoms with Crippen molar-refractivity contribution in [3.8, 4) is 0 Å². The van der Waals surface area contributed by atoms with Gasteiger partial charge in [0.25, 0.3) is 5.91 Å². The Labute approximate surface area is 200 Å². The van der Waals surface area contributed by atoms with Crippen molar-refractivity contribution in [1.82, 2.24) is 0 Å². The molecule has 1 aliphatic heterocycles. The van der Waals surface area contributed by atoms with Crippen molar-refractivity contribution < 1.29 is 24.3 Å². The summed E-state index contributed by atoms with van der Waals surface area (Å²) in [6.07, 6.45) is 0.870. The van der Waals surface area contributed by atoms with Crippen LogP contribution in [-0.4, -0.2) is 38.5 Å². The zero-order chi connectivity index (χ0) is 22.7. The molecule has 164 valence electrons. The van der Waals surface area contributed by atoms with Crippen molar-refractivity contribution in [2.24, 2.45) is 23.7 Å². The van der Waals surface area contributed by atoms with Crippen LogP contribution in [0.5, 0.6) is 0 Å².